The molecule has 11 heavy (non-hydrogen) atoms. The van der Waals surface area contributed by atoms with Gasteiger partial charge in [0.2, 0.25) is 0 Å². The zero-order valence-electron chi connectivity index (χ0n) is 7.18. The van der Waals surface area contributed by atoms with Gasteiger partial charge in [-0.05, 0) is 39.0 Å². The van der Waals surface area contributed by atoms with Crippen LogP contribution in [0.5, 0.6) is 0 Å². The molecule has 64 valence electrons. The monoisotopic (exact) mass is 155 g/mol. The summed E-state index contributed by atoms with van der Waals surface area (Å²) >= 11 is 0. The van der Waals surface area contributed by atoms with Crippen molar-refractivity contribution in [1.82, 2.24) is 0 Å². The molecule has 2 nitrogen and oxygen atoms in total. The lowest BCUT2D eigenvalue weighted by molar-refractivity contribution is 0.0454. The predicted molar refractivity (Wildman–Crippen MR) is 44.3 cm³/mol. The highest BCUT2D eigenvalue weighted by atomic mass is 16.5. The highest BCUT2D eigenvalue weighted by molar-refractivity contribution is 5.00. The molecule has 1 saturated heterocycles. The van der Waals surface area contributed by atoms with Gasteiger partial charge in [-0.2, -0.15) is 0 Å². The molecule has 0 bridgehead atoms. The molecule has 2 atom stereocenters. The first-order chi connectivity index (χ1) is 5.18. The summed E-state index contributed by atoms with van der Waals surface area (Å²) in [6.07, 6.45) is 6.90. The molecular weight excluding hydrogens is 138 g/mol. The molecule has 1 aliphatic heterocycles. The zero-order chi connectivity index (χ0) is 7.90. The van der Waals surface area contributed by atoms with Gasteiger partial charge < -0.3 is 10.5 Å². The smallest absolute Gasteiger partial charge is 0.0597 e. The summed E-state index contributed by atoms with van der Waals surface area (Å²) in [6, 6.07) is 0. The number of rotatable bonds is 2. The van der Waals surface area contributed by atoms with Gasteiger partial charge >= 0.3 is 0 Å². The molecule has 1 heterocycles. The minimum atomic E-state index is 0.175. The van der Waals surface area contributed by atoms with Gasteiger partial charge in [0.1, 0.15) is 0 Å². The lowest BCUT2D eigenvalue weighted by atomic mass is 10.1. The van der Waals surface area contributed by atoms with E-state index in [0.717, 1.165) is 6.42 Å². The Bertz CT molecular complexity index is 154. The minimum Gasteiger partial charge on any atom is -0.375 e. The second kappa shape index (κ2) is 2.46. The maximum Gasteiger partial charge on any atom is 0.0597 e. The molecule has 0 aromatic rings. The molecule has 2 heteroatoms. The van der Waals surface area contributed by atoms with Crippen molar-refractivity contribution in [2.75, 3.05) is 0 Å². The molecule has 1 aliphatic carbocycles. The third-order valence-electron chi connectivity index (χ3n) is 2.85. The van der Waals surface area contributed by atoms with E-state index in [1.54, 1.807) is 0 Å². The topological polar surface area (TPSA) is 35.2 Å². The average molecular weight is 155 g/mol. The summed E-state index contributed by atoms with van der Waals surface area (Å²) in [5.41, 5.74) is 6.17. The highest BCUT2D eigenvalue weighted by Crippen LogP contribution is 2.39. The minimum absolute atomic E-state index is 0.175. The van der Waals surface area contributed by atoms with E-state index in [-0.39, 0.29) is 5.54 Å². The summed E-state index contributed by atoms with van der Waals surface area (Å²) < 4.78 is 5.70. The second-order valence-electron chi connectivity index (χ2n) is 4.21. The van der Waals surface area contributed by atoms with E-state index < -0.39 is 0 Å². The number of ether oxygens (including phenoxy) is 1. The molecular formula is C9H17NO. The van der Waals surface area contributed by atoms with Gasteiger partial charge in [0.15, 0.2) is 0 Å². The maximum atomic E-state index is 5.99. The third-order valence-corrected chi connectivity index (χ3v) is 2.85. The summed E-state index contributed by atoms with van der Waals surface area (Å²) in [5.74, 6) is 0. The van der Waals surface area contributed by atoms with E-state index in [2.05, 4.69) is 6.92 Å². The number of hydrogen-bond acceptors (Lipinski definition) is 2. The molecule has 0 spiro atoms. The van der Waals surface area contributed by atoms with Crippen molar-refractivity contribution < 1.29 is 4.74 Å². The van der Waals surface area contributed by atoms with E-state index in [1.165, 1.54) is 25.7 Å². The van der Waals surface area contributed by atoms with Crippen molar-refractivity contribution in [1.29, 1.82) is 0 Å². The van der Waals surface area contributed by atoms with Gasteiger partial charge in [0.25, 0.3) is 0 Å². The average Bonchev–Trinajstić information content (AvgIpc) is 2.49. The molecule has 0 aromatic heterocycles. The lowest BCUT2D eigenvalue weighted by Crippen LogP contribution is -2.27. The number of nitrogens with two attached hydrogens (primary N) is 1. The first kappa shape index (κ1) is 7.56. The Morgan fingerprint density at radius 2 is 2.18 bits per heavy atom. The molecule has 2 N–H and O–H groups in total. The molecule has 2 rings (SSSR count). The molecule has 2 fully saturated rings. The summed E-state index contributed by atoms with van der Waals surface area (Å²) in [7, 11) is 0. The number of hydrogen-bond donors (Lipinski definition) is 1. The normalized spacial score (nSPS) is 40.9. The van der Waals surface area contributed by atoms with Crippen molar-refractivity contribution in [2.45, 2.75) is 56.8 Å². The first-order valence-corrected chi connectivity index (χ1v) is 4.62. The fourth-order valence-corrected chi connectivity index (χ4v) is 1.85. The van der Waals surface area contributed by atoms with Crippen LogP contribution < -0.4 is 5.73 Å². The van der Waals surface area contributed by atoms with Crippen molar-refractivity contribution in [3.05, 3.63) is 0 Å². The van der Waals surface area contributed by atoms with E-state index >= 15 is 0 Å². The van der Waals surface area contributed by atoms with Gasteiger partial charge in [-0.25, -0.2) is 0 Å². The van der Waals surface area contributed by atoms with Crippen LogP contribution in [0.2, 0.25) is 0 Å². The van der Waals surface area contributed by atoms with Crippen molar-refractivity contribution in [3.63, 3.8) is 0 Å². The van der Waals surface area contributed by atoms with Gasteiger partial charge in [-0.1, -0.05) is 0 Å². The molecule has 0 amide bonds. The van der Waals surface area contributed by atoms with E-state index in [0.29, 0.717) is 12.2 Å². The van der Waals surface area contributed by atoms with Gasteiger partial charge in [-0.3, -0.25) is 0 Å². The SMILES string of the molecule is CC1CCC(CC2(N)CC2)O1. The van der Waals surface area contributed by atoms with Crippen LogP contribution in [0.15, 0.2) is 0 Å². The zero-order valence-corrected chi connectivity index (χ0v) is 7.18. The Kier molecular flexibility index (Phi) is 1.69. The third kappa shape index (κ3) is 1.74. The summed E-state index contributed by atoms with van der Waals surface area (Å²) in [4.78, 5) is 0. The summed E-state index contributed by atoms with van der Waals surface area (Å²) in [5, 5.41) is 0. The molecule has 0 radical (unpaired) electrons. The Hall–Kier alpha value is -0.0800. The fourth-order valence-electron chi connectivity index (χ4n) is 1.85. The second-order valence-corrected chi connectivity index (χ2v) is 4.21. The summed E-state index contributed by atoms with van der Waals surface area (Å²) in [6.45, 7) is 2.15. The quantitative estimate of drug-likeness (QED) is 0.654. The molecule has 1 saturated carbocycles. The van der Waals surface area contributed by atoms with Gasteiger partial charge in [0, 0.05) is 5.54 Å². The maximum absolute atomic E-state index is 5.99. The van der Waals surface area contributed by atoms with Crippen LogP contribution in [-0.2, 0) is 4.74 Å². The van der Waals surface area contributed by atoms with E-state index in [9.17, 15) is 0 Å². The molecule has 0 aromatic carbocycles. The standard InChI is InChI=1S/C9H17NO/c1-7-2-3-8(11-7)6-9(10)4-5-9/h7-8H,2-6,10H2,1H3. The van der Waals surface area contributed by atoms with Crippen LogP contribution in [0.3, 0.4) is 0 Å². The van der Waals surface area contributed by atoms with Gasteiger partial charge in [-0.15, -0.1) is 0 Å². The largest absolute Gasteiger partial charge is 0.375 e. The Balaban J connectivity index is 1.79. The molecule has 2 unspecified atom stereocenters. The van der Waals surface area contributed by atoms with Crippen LogP contribution in [0, 0.1) is 0 Å². The Morgan fingerprint density at radius 1 is 1.45 bits per heavy atom. The Labute approximate surface area is 68.1 Å². The Morgan fingerprint density at radius 3 is 2.64 bits per heavy atom. The van der Waals surface area contributed by atoms with Crippen molar-refractivity contribution in [2.24, 2.45) is 5.73 Å². The van der Waals surface area contributed by atoms with Crippen molar-refractivity contribution in [3.8, 4) is 0 Å². The van der Waals surface area contributed by atoms with Crippen molar-refractivity contribution >= 4 is 0 Å². The van der Waals surface area contributed by atoms with Crippen LogP contribution >= 0.6 is 0 Å². The van der Waals surface area contributed by atoms with Gasteiger partial charge in [0.05, 0.1) is 12.2 Å². The van der Waals surface area contributed by atoms with E-state index in [4.69, 9.17) is 10.5 Å². The van der Waals surface area contributed by atoms with Crippen LogP contribution in [0.25, 0.3) is 0 Å². The highest BCUT2D eigenvalue weighted by Gasteiger charge is 2.41. The predicted octanol–water partition coefficient (Wildman–Crippen LogP) is 1.44. The van der Waals surface area contributed by atoms with Crippen LogP contribution in [0.1, 0.15) is 39.0 Å². The van der Waals surface area contributed by atoms with Crippen LogP contribution in [-0.4, -0.2) is 17.7 Å². The van der Waals surface area contributed by atoms with Crippen LogP contribution in [0.4, 0.5) is 0 Å². The first-order valence-electron chi connectivity index (χ1n) is 4.62. The lowest BCUT2D eigenvalue weighted by Gasteiger charge is -2.15. The van der Waals surface area contributed by atoms with E-state index in [1.807, 2.05) is 0 Å². The fraction of sp³-hybridized carbons (Fsp3) is 1.00. The molecule has 2 aliphatic rings.